The van der Waals surface area contributed by atoms with Crippen LogP contribution >= 0.6 is 11.3 Å². The number of hydrogen-bond acceptors (Lipinski definition) is 5. The Morgan fingerprint density at radius 1 is 1.30 bits per heavy atom. The number of rotatable bonds is 3. The van der Waals surface area contributed by atoms with Gasteiger partial charge in [-0.25, -0.2) is 9.66 Å². The molecule has 0 aliphatic heterocycles. The van der Waals surface area contributed by atoms with E-state index in [2.05, 4.69) is 11.9 Å². The van der Waals surface area contributed by atoms with Crippen LogP contribution in [0.15, 0.2) is 11.1 Å². The molecule has 0 radical (unpaired) electrons. The maximum atomic E-state index is 12.5. The second-order valence-electron chi connectivity index (χ2n) is 6.24. The first kappa shape index (κ1) is 14.6. The Balaban J connectivity index is 2.08. The van der Waals surface area contributed by atoms with Gasteiger partial charge >= 0.3 is 0 Å². The van der Waals surface area contributed by atoms with E-state index in [1.165, 1.54) is 36.0 Å². The summed E-state index contributed by atoms with van der Waals surface area (Å²) in [4.78, 5) is 22.5. The second kappa shape index (κ2) is 5.60. The summed E-state index contributed by atoms with van der Waals surface area (Å²) in [6.07, 6.45) is 9.30. The van der Waals surface area contributed by atoms with E-state index in [1.807, 2.05) is 0 Å². The van der Waals surface area contributed by atoms with Crippen molar-refractivity contribution >= 4 is 31.8 Å². The first-order valence-corrected chi connectivity index (χ1v) is 9.12. The Morgan fingerprint density at radius 2 is 2.09 bits per heavy atom. The van der Waals surface area contributed by atoms with Gasteiger partial charge in [0.2, 0.25) is 0 Å². The standard InChI is InChI=1S/C17H20N4OS/c1-2-3-8-12-10-6-4-5-7-11(10)15-14(20-12)13-16(23-15)19-9-21(18)17(13)22/h9H,2-8,18H2,1H3. The normalized spacial score (nSPS) is 14.5. The highest BCUT2D eigenvalue weighted by Gasteiger charge is 2.22. The first-order chi connectivity index (χ1) is 11.2. The number of unbranched alkanes of at least 4 members (excludes halogenated alkanes) is 1. The molecule has 0 bridgehead atoms. The molecule has 3 aromatic heterocycles. The van der Waals surface area contributed by atoms with Crippen molar-refractivity contribution in [1.29, 1.82) is 0 Å². The minimum absolute atomic E-state index is 0.203. The van der Waals surface area contributed by atoms with E-state index >= 15 is 0 Å². The molecule has 1 aliphatic carbocycles. The number of thiophene rings is 1. The quantitative estimate of drug-likeness (QED) is 0.750. The summed E-state index contributed by atoms with van der Waals surface area (Å²) >= 11 is 1.59. The smallest absolute Gasteiger partial charge is 0.282 e. The van der Waals surface area contributed by atoms with Crippen molar-refractivity contribution in [1.82, 2.24) is 14.6 Å². The van der Waals surface area contributed by atoms with Crippen LogP contribution in [-0.2, 0) is 19.3 Å². The van der Waals surface area contributed by atoms with Gasteiger partial charge in [-0.05, 0) is 49.7 Å². The number of aryl methyl sites for hydroxylation is 2. The molecule has 6 heteroatoms. The van der Waals surface area contributed by atoms with Gasteiger partial charge in [0, 0.05) is 5.69 Å². The third-order valence-corrected chi connectivity index (χ3v) is 5.86. The lowest BCUT2D eigenvalue weighted by molar-refractivity contribution is 0.670. The highest BCUT2D eigenvalue weighted by Crippen LogP contribution is 2.37. The van der Waals surface area contributed by atoms with Crippen molar-refractivity contribution in [2.24, 2.45) is 0 Å². The summed E-state index contributed by atoms with van der Waals surface area (Å²) in [6.45, 7) is 2.20. The maximum Gasteiger partial charge on any atom is 0.282 e. The minimum Gasteiger partial charge on any atom is -0.335 e. The van der Waals surface area contributed by atoms with Crippen LogP contribution in [0.4, 0.5) is 0 Å². The van der Waals surface area contributed by atoms with Crippen molar-refractivity contribution in [2.75, 3.05) is 5.84 Å². The fourth-order valence-electron chi connectivity index (χ4n) is 3.53. The van der Waals surface area contributed by atoms with Gasteiger partial charge in [-0.1, -0.05) is 13.3 Å². The van der Waals surface area contributed by atoms with Gasteiger partial charge in [0.1, 0.15) is 16.5 Å². The van der Waals surface area contributed by atoms with Gasteiger partial charge in [0.05, 0.1) is 10.2 Å². The summed E-state index contributed by atoms with van der Waals surface area (Å²) in [5, 5.41) is 0.584. The van der Waals surface area contributed by atoms with Crippen molar-refractivity contribution in [3.05, 3.63) is 33.5 Å². The fraction of sp³-hybridized carbons (Fsp3) is 0.471. The lowest BCUT2D eigenvalue weighted by Gasteiger charge is -2.19. The van der Waals surface area contributed by atoms with Crippen molar-refractivity contribution in [3.63, 3.8) is 0 Å². The lowest BCUT2D eigenvalue weighted by atomic mass is 9.89. The molecular weight excluding hydrogens is 308 g/mol. The molecular formula is C17H20N4OS. The summed E-state index contributed by atoms with van der Waals surface area (Å²) in [6, 6.07) is 0. The SMILES string of the molecule is CCCCc1nc2c(sc3ncn(N)c(=O)c32)c2c1CCCC2. The predicted molar refractivity (Wildman–Crippen MR) is 94.6 cm³/mol. The minimum atomic E-state index is -0.203. The third-order valence-electron chi connectivity index (χ3n) is 4.72. The molecule has 4 rings (SSSR count). The molecule has 3 heterocycles. The Morgan fingerprint density at radius 3 is 2.87 bits per heavy atom. The molecule has 0 saturated heterocycles. The van der Waals surface area contributed by atoms with Crippen LogP contribution in [-0.4, -0.2) is 14.6 Å². The van der Waals surface area contributed by atoms with Crippen molar-refractivity contribution in [3.8, 4) is 0 Å². The molecule has 0 aromatic carbocycles. The molecule has 0 saturated carbocycles. The van der Waals surface area contributed by atoms with Gasteiger partial charge in [-0.3, -0.25) is 9.78 Å². The molecule has 0 unspecified atom stereocenters. The third kappa shape index (κ3) is 2.24. The van der Waals surface area contributed by atoms with Crippen LogP contribution in [0.1, 0.15) is 49.4 Å². The van der Waals surface area contributed by atoms with E-state index in [0.717, 1.165) is 51.8 Å². The molecule has 5 nitrogen and oxygen atoms in total. The lowest BCUT2D eigenvalue weighted by Crippen LogP contribution is -2.26. The molecule has 3 aromatic rings. The molecule has 0 spiro atoms. The Bertz CT molecular complexity index is 957. The largest absolute Gasteiger partial charge is 0.335 e. The van der Waals surface area contributed by atoms with Crippen LogP contribution in [0.3, 0.4) is 0 Å². The second-order valence-corrected chi connectivity index (χ2v) is 7.24. The average molecular weight is 328 g/mol. The number of nitrogen functional groups attached to an aromatic ring is 1. The Kier molecular flexibility index (Phi) is 3.56. The van der Waals surface area contributed by atoms with E-state index in [9.17, 15) is 4.79 Å². The van der Waals surface area contributed by atoms with Gasteiger partial charge < -0.3 is 5.84 Å². The zero-order chi connectivity index (χ0) is 16.0. The van der Waals surface area contributed by atoms with E-state index in [1.54, 1.807) is 11.3 Å². The number of fused-ring (bicyclic) bond motifs is 5. The first-order valence-electron chi connectivity index (χ1n) is 8.30. The van der Waals surface area contributed by atoms with E-state index in [-0.39, 0.29) is 5.56 Å². The van der Waals surface area contributed by atoms with Crippen molar-refractivity contribution in [2.45, 2.75) is 51.9 Å². The molecule has 0 amide bonds. The average Bonchev–Trinajstić information content (AvgIpc) is 2.95. The van der Waals surface area contributed by atoms with Crippen molar-refractivity contribution < 1.29 is 0 Å². The van der Waals surface area contributed by atoms with E-state index < -0.39 is 0 Å². The molecule has 2 N–H and O–H groups in total. The van der Waals surface area contributed by atoms with Crippen LogP contribution < -0.4 is 11.4 Å². The predicted octanol–water partition coefficient (Wildman–Crippen LogP) is 2.94. The maximum absolute atomic E-state index is 12.5. The topological polar surface area (TPSA) is 73.8 Å². The van der Waals surface area contributed by atoms with Crippen LogP contribution in [0, 0.1) is 0 Å². The Labute approximate surface area is 138 Å². The van der Waals surface area contributed by atoms with Gasteiger partial charge in [-0.15, -0.1) is 11.3 Å². The van der Waals surface area contributed by atoms with Gasteiger partial charge in [-0.2, -0.15) is 0 Å². The molecule has 23 heavy (non-hydrogen) atoms. The van der Waals surface area contributed by atoms with E-state index in [4.69, 9.17) is 10.8 Å². The monoisotopic (exact) mass is 328 g/mol. The number of pyridine rings is 1. The zero-order valence-electron chi connectivity index (χ0n) is 13.3. The van der Waals surface area contributed by atoms with Gasteiger partial charge in [0.15, 0.2) is 0 Å². The highest BCUT2D eigenvalue weighted by atomic mass is 32.1. The summed E-state index contributed by atoms with van der Waals surface area (Å²) in [5.41, 5.74) is 4.62. The summed E-state index contributed by atoms with van der Waals surface area (Å²) < 4.78 is 2.20. The number of nitrogens with two attached hydrogens (primary N) is 1. The molecule has 0 fully saturated rings. The molecule has 0 atom stereocenters. The van der Waals surface area contributed by atoms with Gasteiger partial charge in [0.25, 0.3) is 5.56 Å². The fourth-order valence-corrected chi connectivity index (χ4v) is 4.70. The van der Waals surface area contributed by atoms with Crippen LogP contribution in [0.5, 0.6) is 0 Å². The number of nitrogens with zero attached hydrogens (tertiary/aromatic N) is 3. The van der Waals surface area contributed by atoms with Crippen LogP contribution in [0.2, 0.25) is 0 Å². The number of hydrogen-bond donors (Lipinski definition) is 1. The number of aromatic nitrogens is 3. The molecule has 1 aliphatic rings. The summed E-state index contributed by atoms with van der Waals surface area (Å²) in [5.74, 6) is 5.71. The zero-order valence-corrected chi connectivity index (χ0v) is 14.1. The highest BCUT2D eigenvalue weighted by molar-refractivity contribution is 7.25. The Hall–Kier alpha value is -1.95. The summed E-state index contributed by atoms with van der Waals surface area (Å²) in [7, 11) is 0. The van der Waals surface area contributed by atoms with E-state index in [0.29, 0.717) is 5.39 Å². The van der Waals surface area contributed by atoms with Crippen LogP contribution in [0.25, 0.3) is 20.4 Å². The molecule has 120 valence electrons.